The van der Waals surface area contributed by atoms with Crippen molar-refractivity contribution < 1.29 is 23.8 Å². The highest BCUT2D eigenvalue weighted by molar-refractivity contribution is 6.06. The molecule has 24 heavy (non-hydrogen) atoms. The standard InChI is InChI=1S/C16H16FN3O4/c1-24-9-16(15(22)23)3-2-6-20(16)14(21)11-7-10(17)8-12-13(11)19-5-4-18-12/h4-5,7-8H,2-3,6,9H2,1H3,(H,22,23). The maximum absolute atomic E-state index is 13.9. The lowest BCUT2D eigenvalue weighted by atomic mass is 9.96. The lowest BCUT2D eigenvalue weighted by Crippen LogP contribution is -2.56. The Morgan fingerprint density at radius 1 is 1.38 bits per heavy atom. The summed E-state index contributed by atoms with van der Waals surface area (Å²) in [7, 11) is 1.38. The molecule has 0 bridgehead atoms. The molecule has 8 heteroatoms. The Kier molecular flexibility index (Phi) is 4.15. The molecular formula is C16H16FN3O4. The molecule has 1 atom stereocenters. The SMILES string of the molecule is COCC1(C(=O)O)CCCN1C(=O)c1cc(F)cc2nccnc12. The molecule has 7 nitrogen and oxygen atoms in total. The van der Waals surface area contributed by atoms with Gasteiger partial charge in [0, 0.05) is 32.1 Å². The van der Waals surface area contributed by atoms with Crippen LogP contribution >= 0.6 is 0 Å². The molecule has 0 aliphatic carbocycles. The summed E-state index contributed by atoms with van der Waals surface area (Å²) in [4.78, 5) is 34.1. The van der Waals surface area contributed by atoms with Crippen LogP contribution in [0, 0.1) is 5.82 Å². The van der Waals surface area contributed by atoms with Crippen molar-refractivity contribution in [3.05, 3.63) is 35.9 Å². The molecule has 1 amide bonds. The number of ether oxygens (including phenoxy) is 1. The molecule has 1 aliphatic rings. The summed E-state index contributed by atoms with van der Waals surface area (Å²) in [6.07, 6.45) is 3.61. The average Bonchev–Trinajstić information content (AvgIpc) is 2.98. The van der Waals surface area contributed by atoms with Crippen LogP contribution < -0.4 is 0 Å². The molecule has 3 rings (SSSR count). The van der Waals surface area contributed by atoms with Crippen molar-refractivity contribution in [2.24, 2.45) is 0 Å². The van der Waals surface area contributed by atoms with Gasteiger partial charge in [0.1, 0.15) is 11.3 Å². The summed E-state index contributed by atoms with van der Waals surface area (Å²) in [5.74, 6) is -2.35. The molecule has 0 saturated carbocycles. The first kappa shape index (κ1) is 16.3. The fourth-order valence-electron chi connectivity index (χ4n) is 3.20. The number of amides is 1. The predicted octanol–water partition coefficient (Wildman–Crippen LogP) is 1.47. The van der Waals surface area contributed by atoms with Gasteiger partial charge >= 0.3 is 5.97 Å². The van der Waals surface area contributed by atoms with Gasteiger partial charge in [-0.3, -0.25) is 14.8 Å². The highest BCUT2D eigenvalue weighted by Crippen LogP contribution is 2.33. The normalized spacial score (nSPS) is 20.5. The lowest BCUT2D eigenvalue weighted by Gasteiger charge is -2.34. The van der Waals surface area contributed by atoms with E-state index < -0.39 is 23.2 Å². The quantitative estimate of drug-likeness (QED) is 0.911. The first-order chi connectivity index (χ1) is 11.5. The van der Waals surface area contributed by atoms with Crippen LogP contribution in [0.2, 0.25) is 0 Å². The van der Waals surface area contributed by atoms with Gasteiger partial charge in [-0.2, -0.15) is 0 Å². The number of aromatic nitrogens is 2. The van der Waals surface area contributed by atoms with Crippen LogP contribution in [0.15, 0.2) is 24.5 Å². The number of nitrogens with zero attached hydrogens (tertiary/aromatic N) is 3. The van der Waals surface area contributed by atoms with E-state index in [0.717, 1.165) is 6.07 Å². The average molecular weight is 333 g/mol. The van der Waals surface area contributed by atoms with Crippen LogP contribution in [0.5, 0.6) is 0 Å². The molecule has 1 unspecified atom stereocenters. The van der Waals surface area contributed by atoms with Gasteiger partial charge in [0.15, 0.2) is 5.54 Å². The van der Waals surface area contributed by atoms with Crippen molar-refractivity contribution in [1.82, 2.24) is 14.9 Å². The minimum Gasteiger partial charge on any atom is -0.479 e. The summed E-state index contributed by atoms with van der Waals surface area (Å²) in [6.45, 7) is 0.125. The van der Waals surface area contributed by atoms with Crippen molar-refractivity contribution in [3.63, 3.8) is 0 Å². The van der Waals surface area contributed by atoms with Crippen molar-refractivity contribution in [2.75, 3.05) is 20.3 Å². The van der Waals surface area contributed by atoms with Gasteiger partial charge in [0.05, 0.1) is 17.7 Å². The van der Waals surface area contributed by atoms with Crippen LogP contribution in [-0.4, -0.2) is 57.7 Å². The second kappa shape index (κ2) is 6.12. The number of carbonyl (C=O) groups is 2. The van der Waals surface area contributed by atoms with Gasteiger partial charge in [0.25, 0.3) is 5.91 Å². The Balaban J connectivity index is 2.10. The highest BCUT2D eigenvalue weighted by atomic mass is 19.1. The number of rotatable bonds is 4. The van der Waals surface area contributed by atoms with E-state index in [4.69, 9.17) is 4.74 Å². The highest BCUT2D eigenvalue weighted by Gasteiger charge is 2.50. The van der Waals surface area contributed by atoms with Crippen LogP contribution in [-0.2, 0) is 9.53 Å². The van der Waals surface area contributed by atoms with Gasteiger partial charge in [-0.25, -0.2) is 9.18 Å². The summed E-state index contributed by atoms with van der Waals surface area (Å²) in [5, 5.41) is 9.65. The molecule has 2 heterocycles. The van der Waals surface area contributed by atoms with Gasteiger partial charge < -0.3 is 14.7 Å². The Morgan fingerprint density at radius 3 is 2.83 bits per heavy atom. The molecule has 0 spiro atoms. The van der Waals surface area contributed by atoms with Crippen molar-refractivity contribution >= 4 is 22.9 Å². The zero-order chi connectivity index (χ0) is 17.3. The van der Waals surface area contributed by atoms with E-state index in [0.29, 0.717) is 6.42 Å². The third-order valence-corrected chi connectivity index (χ3v) is 4.28. The molecular weight excluding hydrogens is 317 g/mol. The second-order valence-electron chi connectivity index (χ2n) is 5.71. The number of carboxylic acids is 1. The molecule has 1 N–H and O–H groups in total. The summed E-state index contributed by atoms with van der Waals surface area (Å²) in [5.41, 5.74) is -0.964. The molecule has 1 aliphatic heterocycles. The number of halogens is 1. The minimum atomic E-state index is -1.45. The Labute approximate surface area is 137 Å². The molecule has 1 aromatic carbocycles. The second-order valence-corrected chi connectivity index (χ2v) is 5.71. The first-order valence-corrected chi connectivity index (χ1v) is 7.44. The van der Waals surface area contributed by atoms with Crippen LogP contribution in [0.25, 0.3) is 11.0 Å². The number of methoxy groups -OCH3 is 1. The molecule has 2 aromatic rings. The Morgan fingerprint density at radius 2 is 2.12 bits per heavy atom. The zero-order valence-corrected chi connectivity index (χ0v) is 13.0. The number of carbonyl (C=O) groups excluding carboxylic acids is 1. The van der Waals surface area contributed by atoms with E-state index in [1.165, 1.54) is 30.5 Å². The number of carboxylic acid groups (broad SMARTS) is 1. The maximum atomic E-state index is 13.9. The lowest BCUT2D eigenvalue weighted by molar-refractivity contribution is -0.151. The first-order valence-electron chi connectivity index (χ1n) is 7.44. The van der Waals surface area contributed by atoms with E-state index >= 15 is 0 Å². The number of hydrogen-bond donors (Lipinski definition) is 1. The molecule has 1 fully saturated rings. The topological polar surface area (TPSA) is 92.6 Å². The van der Waals surface area contributed by atoms with Gasteiger partial charge in [-0.15, -0.1) is 0 Å². The van der Waals surface area contributed by atoms with Crippen molar-refractivity contribution in [3.8, 4) is 0 Å². The van der Waals surface area contributed by atoms with E-state index in [2.05, 4.69) is 9.97 Å². The fraction of sp³-hybridized carbons (Fsp3) is 0.375. The van der Waals surface area contributed by atoms with Gasteiger partial charge in [-0.1, -0.05) is 0 Å². The molecule has 1 aromatic heterocycles. The van der Waals surface area contributed by atoms with E-state index in [-0.39, 0.29) is 36.2 Å². The monoisotopic (exact) mass is 333 g/mol. The third kappa shape index (κ3) is 2.48. The molecule has 0 radical (unpaired) electrons. The summed E-state index contributed by atoms with van der Waals surface area (Å²) in [6, 6.07) is 2.25. The number of fused-ring (bicyclic) bond motifs is 1. The van der Waals surface area contributed by atoms with Gasteiger partial charge in [-0.05, 0) is 18.9 Å². The maximum Gasteiger partial charge on any atom is 0.332 e. The van der Waals surface area contributed by atoms with Crippen LogP contribution in [0.1, 0.15) is 23.2 Å². The molecule has 1 saturated heterocycles. The fourth-order valence-corrected chi connectivity index (χ4v) is 3.20. The Bertz CT molecular complexity index is 813. The largest absolute Gasteiger partial charge is 0.479 e. The smallest absolute Gasteiger partial charge is 0.332 e. The van der Waals surface area contributed by atoms with Crippen LogP contribution in [0.3, 0.4) is 0 Å². The summed E-state index contributed by atoms with van der Waals surface area (Å²) < 4.78 is 18.9. The number of likely N-dealkylation sites (tertiary alicyclic amines) is 1. The van der Waals surface area contributed by atoms with Crippen molar-refractivity contribution in [1.29, 1.82) is 0 Å². The predicted molar refractivity (Wildman–Crippen MR) is 82.0 cm³/mol. The van der Waals surface area contributed by atoms with E-state index in [1.807, 2.05) is 0 Å². The number of aliphatic carboxylic acids is 1. The molecule has 126 valence electrons. The third-order valence-electron chi connectivity index (χ3n) is 4.28. The van der Waals surface area contributed by atoms with E-state index in [1.54, 1.807) is 0 Å². The number of benzene rings is 1. The van der Waals surface area contributed by atoms with Crippen LogP contribution in [0.4, 0.5) is 4.39 Å². The number of hydrogen-bond acceptors (Lipinski definition) is 5. The van der Waals surface area contributed by atoms with Gasteiger partial charge in [0.2, 0.25) is 0 Å². The minimum absolute atomic E-state index is 0.00160. The Hall–Kier alpha value is -2.61. The van der Waals surface area contributed by atoms with E-state index in [9.17, 15) is 19.1 Å². The summed E-state index contributed by atoms with van der Waals surface area (Å²) >= 11 is 0. The zero-order valence-electron chi connectivity index (χ0n) is 13.0. The van der Waals surface area contributed by atoms with Crippen molar-refractivity contribution in [2.45, 2.75) is 18.4 Å².